The van der Waals surface area contributed by atoms with Crippen molar-refractivity contribution in [3.8, 4) is 11.1 Å². The summed E-state index contributed by atoms with van der Waals surface area (Å²) in [6.07, 6.45) is 1.44. The first-order valence-corrected chi connectivity index (χ1v) is 11.7. The van der Waals surface area contributed by atoms with Crippen LogP contribution in [0.2, 0.25) is 0 Å². The summed E-state index contributed by atoms with van der Waals surface area (Å²) in [5, 5.41) is 16.6. The third kappa shape index (κ3) is 2.71. The summed E-state index contributed by atoms with van der Waals surface area (Å²) in [6.45, 7) is 0. The van der Waals surface area contributed by atoms with E-state index in [1.54, 1.807) is 0 Å². The Morgan fingerprint density at radius 2 is 1.06 bits per heavy atom. The first-order valence-electron chi connectivity index (χ1n) is 11.7. The number of fused-ring (bicyclic) bond motifs is 5. The van der Waals surface area contributed by atoms with Gasteiger partial charge in [-0.2, -0.15) is 0 Å². The Kier molecular flexibility index (Phi) is 4.20. The largest absolute Gasteiger partial charge is 0.384 e. The van der Waals surface area contributed by atoms with Gasteiger partial charge in [0.1, 0.15) is 6.10 Å². The number of aliphatic hydroxyl groups is 1. The van der Waals surface area contributed by atoms with Crippen molar-refractivity contribution in [2.24, 2.45) is 0 Å². The molecule has 0 saturated heterocycles. The molecule has 0 radical (unpaired) electrons. The van der Waals surface area contributed by atoms with Gasteiger partial charge in [0.15, 0.2) is 0 Å². The lowest BCUT2D eigenvalue weighted by Gasteiger charge is -2.24. The molecule has 34 heavy (non-hydrogen) atoms. The summed E-state index contributed by atoms with van der Waals surface area (Å²) in [7, 11) is 0. The van der Waals surface area contributed by atoms with Gasteiger partial charge in [-0.3, -0.25) is 0 Å². The fourth-order valence-corrected chi connectivity index (χ4v) is 5.71. The van der Waals surface area contributed by atoms with Gasteiger partial charge in [0.25, 0.3) is 0 Å². The quantitative estimate of drug-likeness (QED) is 0.353. The second-order valence-corrected chi connectivity index (χ2v) is 9.00. The SMILES string of the molecule is OC1C(=C2c3ccccc3-c3ccccc32)C=c2ccccc2=C1c1cccc2ccccc12. The van der Waals surface area contributed by atoms with Gasteiger partial charge in [0, 0.05) is 5.57 Å². The topological polar surface area (TPSA) is 20.2 Å². The second kappa shape index (κ2) is 7.41. The summed E-state index contributed by atoms with van der Waals surface area (Å²) in [6, 6.07) is 40.3. The van der Waals surface area contributed by atoms with E-state index in [0.717, 1.165) is 38.1 Å². The van der Waals surface area contributed by atoms with Crippen molar-refractivity contribution >= 4 is 28.0 Å². The summed E-state index contributed by atoms with van der Waals surface area (Å²) in [5.74, 6) is 0. The van der Waals surface area contributed by atoms with E-state index >= 15 is 0 Å². The molecule has 0 amide bonds. The lowest BCUT2D eigenvalue weighted by atomic mass is 9.82. The summed E-state index contributed by atoms with van der Waals surface area (Å²) >= 11 is 0. The van der Waals surface area contributed by atoms with Crippen molar-refractivity contribution in [1.82, 2.24) is 0 Å². The Morgan fingerprint density at radius 3 is 1.82 bits per heavy atom. The molecule has 0 heterocycles. The zero-order valence-corrected chi connectivity index (χ0v) is 18.6. The van der Waals surface area contributed by atoms with Gasteiger partial charge in [0.05, 0.1) is 0 Å². The fraction of sp³-hybridized carbons (Fsp3) is 0.0303. The van der Waals surface area contributed by atoms with E-state index in [4.69, 9.17) is 0 Å². The Balaban J connectivity index is 1.60. The van der Waals surface area contributed by atoms with Crippen molar-refractivity contribution in [3.05, 3.63) is 148 Å². The minimum Gasteiger partial charge on any atom is -0.384 e. The Labute approximate surface area is 198 Å². The standard InChI is InChI=1S/C33H22O/c34-33-30(31-28-17-7-5-15-25(28)26-16-6-8-18-29(26)31)20-22-11-2-4-14-24(22)32(33)27-19-9-12-21-10-1-3-13-23(21)27/h1-20,33-34H. The Morgan fingerprint density at radius 1 is 0.500 bits per heavy atom. The molecule has 0 fully saturated rings. The number of hydrogen-bond donors (Lipinski definition) is 1. The molecule has 0 aromatic heterocycles. The van der Waals surface area contributed by atoms with E-state index in [1.807, 2.05) is 0 Å². The molecule has 5 aromatic carbocycles. The maximum atomic E-state index is 12.1. The predicted molar refractivity (Wildman–Crippen MR) is 141 cm³/mol. The van der Waals surface area contributed by atoms with Crippen LogP contribution in [0, 0.1) is 0 Å². The average Bonchev–Trinajstić information content (AvgIpc) is 3.23. The van der Waals surface area contributed by atoms with Crippen molar-refractivity contribution < 1.29 is 5.11 Å². The van der Waals surface area contributed by atoms with Crippen LogP contribution in [-0.4, -0.2) is 11.2 Å². The minimum absolute atomic E-state index is 0.741. The Bertz CT molecular complexity index is 1720. The van der Waals surface area contributed by atoms with E-state index in [0.29, 0.717) is 0 Å². The number of benzene rings is 5. The lowest BCUT2D eigenvalue weighted by molar-refractivity contribution is 0.273. The Hall–Kier alpha value is -4.20. The van der Waals surface area contributed by atoms with E-state index in [-0.39, 0.29) is 0 Å². The molecule has 0 aliphatic heterocycles. The summed E-state index contributed by atoms with van der Waals surface area (Å²) in [4.78, 5) is 0. The highest BCUT2D eigenvalue weighted by atomic mass is 16.3. The molecule has 1 N–H and O–H groups in total. The van der Waals surface area contributed by atoms with Crippen LogP contribution in [0.15, 0.2) is 121 Å². The predicted octanol–water partition coefficient (Wildman–Crippen LogP) is 5.68. The number of hydrogen-bond acceptors (Lipinski definition) is 1. The van der Waals surface area contributed by atoms with Gasteiger partial charge in [-0.15, -0.1) is 0 Å². The molecule has 7 rings (SSSR count). The molecule has 1 atom stereocenters. The third-order valence-electron chi connectivity index (χ3n) is 7.18. The highest BCUT2D eigenvalue weighted by Crippen LogP contribution is 2.47. The lowest BCUT2D eigenvalue weighted by Crippen LogP contribution is -2.36. The van der Waals surface area contributed by atoms with Crippen LogP contribution in [0.3, 0.4) is 0 Å². The van der Waals surface area contributed by atoms with E-state index in [1.165, 1.54) is 27.6 Å². The molecule has 0 saturated carbocycles. The van der Waals surface area contributed by atoms with Crippen LogP contribution < -0.4 is 10.4 Å². The molecule has 2 aliphatic rings. The van der Waals surface area contributed by atoms with Gasteiger partial charge in [-0.05, 0) is 66.2 Å². The van der Waals surface area contributed by atoms with Gasteiger partial charge in [-0.1, -0.05) is 115 Å². The molecule has 0 spiro atoms. The van der Waals surface area contributed by atoms with E-state index in [2.05, 4.69) is 121 Å². The van der Waals surface area contributed by atoms with Crippen LogP contribution in [0.25, 0.3) is 39.1 Å². The molecule has 5 aromatic rings. The maximum Gasteiger partial charge on any atom is 0.106 e. The van der Waals surface area contributed by atoms with Crippen LogP contribution in [0.4, 0.5) is 0 Å². The zero-order valence-electron chi connectivity index (χ0n) is 18.6. The molecule has 0 bridgehead atoms. The zero-order chi connectivity index (χ0) is 22.6. The van der Waals surface area contributed by atoms with Crippen molar-refractivity contribution in [2.75, 3.05) is 0 Å². The van der Waals surface area contributed by atoms with Crippen LogP contribution in [-0.2, 0) is 0 Å². The smallest absolute Gasteiger partial charge is 0.106 e. The second-order valence-electron chi connectivity index (χ2n) is 9.00. The summed E-state index contributed by atoms with van der Waals surface area (Å²) in [5.41, 5.74) is 8.97. The maximum absolute atomic E-state index is 12.1. The first kappa shape index (κ1) is 19.3. The highest BCUT2D eigenvalue weighted by molar-refractivity contribution is 6.06. The normalized spacial score (nSPS) is 16.1. The van der Waals surface area contributed by atoms with Crippen molar-refractivity contribution in [1.29, 1.82) is 0 Å². The van der Waals surface area contributed by atoms with E-state index < -0.39 is 6.10 Å². The average molecular weight is 435 g/mol. The molecule has 160 valence electrons. The van der Waals surface area contributed by atoms with Crippen LogP contribution in [0.5, 0.6) is 0 Å². The monoisotopic (exact) mass is 434 g/mol. The van der Waals surface area contributed by atoms with Crippen molar-refractivity contribution in [2.45, 2.75) is 6.10 Å². The summed E-state index contributed by atoms with van der Waals surface area (Å²) < 4.78 is 0. The molecule has 1 unspecified atom stereocenters. The highest BCUT2D eigenvalue weighted by Gasteiger charge is 2.30. The van der Waals surface area contributed by atoms with Crippen molar-refractivity contribution in [3.63, 3.8) is 0 Å². The van der Waals surface area contributed by atoms with E-state index in [9.17, 15) is 5.11 Å². The van der Waals surface area contributed by atoms with Gasteiger partial charge in [-0.25, -0.2) is 0 Å². The molecule has 1 nitrogen and oxygen atoms in total. The number of aliphatic hydroxyl groups excluding tert-OH is 1. The van der Waals surface area contributed by atoms with Crippen LogP contribution in [0.1, 0.15) is 16.7 Å². The molecular weight excluding hydrogens is 412 g/mol. The fourth-order valence-electron chi connectivity index (χ4n) is 5.71. The third-order valence-corrected chi connectivity index (χ3v) is 7.18. The molecular formula is C33H22O. The van der Waals surface area contributed by atoms with Gasteiger partial charge < -0.3 is 5.11 Å². The van der Waals surface area contributed by atoms with Crippen LogP contribution >= 0.6 is 0 Å². The number of rotatable bonds is 1. The minimum atomic E-state index is -0.741. The first-order chi connectivity index (χ1) is 16.8. The molecule has 1 heteroatoms. The van der Waals surface area contributed by atoms with Gasteiger partial charge in [0.2, 0.25) is 0 Å². The molecule has 2 aliphatic carbocycles. The van der Waals surface area contributed by atoms with Gasteiger partial charge >= 0.3 is 0 Å².